The summed E-state index contributed by atoms with van der Waals surface area (Å²) in [6, 6.07) is 8.67. The molecule has 1 unspecified atom stereocenters. The second-order valence-electron chi connectivity index (χ2n) is 13.8. The van der Waals surface area contributed by atoms with Gasteiger partial charge >= 0.3 is 0 Å². The highest BCUT2D eigenvalue weighted by Crippen LogP contribution is 2.52. The average molecular weight is 617 g/mol. The maximum absolute atomic E-state index is 14.1. The molecule has 0 amide bonds. The van der Waals surface area contributed by atoms with Crippen LogP contribution in [0.4, 0.5) is 0 Å². The van der Waals surface area contributed by atoms with Crippen LogP contribution in [0.15, 0.2) is 48.6 Å². The van der Waals surface area contributed by atoms with Gasteiger partial charge in [0.05, 0.1) is 13.7 Å². The zero-order valence-corrected chi connectivity index (χ0v) is 28.2. The van der Waals surface area contributed by atoms with Gasteiger partial charge in [0.1, 0.15) is 37.1 Å². The van der Waals surface area contributed by atoms with E-state index in [1.54, 1.807) is 20.3 Å². The van der Waals surface area contributed by atoms with Gasteiger partial charge in [-0.15, -0.1) is 6.58 Å². The monoisotopic (exact) mass is 616 g/mol. The third kappa shape index (κ3) is 7.87. The molecule has 0 spiro atoms. The van der Waals surface area contributed by atoms with Crippen molar-refractivity contribution in [2.45, 2.75) is 89.3 Å². The first-order valence-corrected chi connectivity index (χ1v) is 19.2. The molecular weight excluding hydrogens is 564 g/mol. The van der Waals surface area contributed by atoms with Crippen LogP contribution in [0.2, 0.25) is 25.7 Å². The number of ketones is 1. The molecule has 8 nitrogen and oxygen atoms in total. The van der Waals surface area contributed by atoms with E-state index in [0.29, 0.717) is 13.0 Å². The van der Waals surface area contributed by atoms with Crippen molar-refractivity contribution >= 4 is 13.9 Å². The number of carbonyl (C=O) groups excluding carboxylic acids is 1. The van der Waals surface area contributed by atoms with Gasteiger partial charge in [-0.05, 0) is 42.9 Å². The standard InChI is InChI=1S/C34H52O8Si/c1-9-30-34(41-23-38-18-19-43(6,7)8,21-39-32(42-30)24-10-15-27(37-5)16-11-24)26-13-12-25-14-17-28(33(25,2)3)31(29(35)20-26)40-22-36-4/h9-12,15-16,26,28,30-32H,1,13-14,17-23H2,2-8H3/t26-,28?,30+,31+,32-,34+/m0/s1. The predicted molar refractivity (Wildman–Crippen MR) is 169 cm³/mol. The highest BCUT2D eigenvalue weighted by Gasteiger charge is 2.54. The lowest BCUT2D eigenvalue weighted by Gasteiger charge is -2.49. The molecule has 2 bridgehead atoms. The zero-order chi connectivity index (χ0) is 31.3. The van der Waals surface area contributed by atoms with Crippen molar-refractivity contribution in [2.75, 3.05) is 41.0 Å². The molecule has 1 heterocycles. The molecule has 240 valence electrons. The van der Waals surface area contributed by atoms with Crippen molar-refractivity contribution in [3.8, 4) is 5.75 Å². The number of fused-ring (bicyclic) bond motifs is 2. The number of allylic oxidation sites excluding steroid dienone is 2. The quantitative estimate of drug-likeness (QED) is 0.105. The molecule has 0 N–H and O–H groups in total. The molecule has 2 aliphatic carbocycles. The van der Waals surface area contributed by atoms with Crippen LogP contribution in [0.1, 0.15) is 51.4 Å². The van der Waals surface area contributed by atoms with Crippen molar-refractivity contribution in [3.63, 3.8) is 0 Å². The van der Waals surface area contributed by atoms with E-state index in [4.69, 9.17) is 33.2 Å². The number of hydrogen-bond acceptors (Lipinski definition) is 8. The van der Waals surface area contributed by atoms with Crippen LogP contribution in [0.5, 0.6) is 5.75 Å². The Kier molecular flexibility index (Phi) is 11.5. The number of ether oxygens (including phenoxy) is 7. The minimum atomic E-state index is -1.27. The number of hydrogen-bond donors (Lipinski definition) is 0. The van der Waals surface area contributed by atoms with Gasteiger partial charge in [0.15, 0.2) is 12.1 Å². The third-order valence-corrected chi connectivity index (χ3v) is 11.2. The number of carbonyl (C=O) groups is 1. The maximum Gasteiger partial charge on any atom is 0.184 e. The van der Waals surface area contributed by atoms with Crippen molar-refractivity contribution in [3.05, 3.63) is 54.1 Å². The maximum atomic E-state index is 14.1. The Morgan fingerprint density at radius 3 is 2.51 bits per heavy atom. The lowest BCUT2D eigenvalue weighted by molar-refractivity contribution is -0.320. The Morgan fingerprint density at radius 1 is 1.12 bits per heavy atom. The van der Waals surface area contributed by atoms with Crippen LogP contribution >= 0.6 is 0 Å². The largest absolute Gasteiger partial charge is 0.497 e. The lowest BCUT2D eigenvalue weighted by atomic mass is 9.74. The van der Waals surface area contributed by atoms with Crippen LogP contribution in [0.25, 0.3) is 0 Å². The fourth-order valence-corrected chi connectivity index (χ4v) is 7.50. The summed E-state index contributed by atoms with van der Waals surface area (Å²) < 4.78 is 42.4. The number of methoxy groups -OCH3 is 2. The molecule has 0 aromatic heterocycles. The molecule has 1 saturated heterocycles. The lowest BCUT2D eigenvalue weighted by Crippen LogP contribution is -2.59. The van der Waals surface area contributed by atoms with Gasteiger partial charge in [0.2, 0.25) is 0 Å². The molecule has 4 rings (SSSR count). The molecule has 1 saturated carbocycles. The average Bonchev–Trinajstić information content (AvgIpc) is 3.28. The van der Waals surface area contributed by atoms with Gasteiger partial charge in [-0.2, -0.15) is 0 Å². The first-order chi connectivity index (χ1) is 20.4. The number of benzene rings is 1. The second-order valence-corrected chi connectivity index (χ2v) is 19.5. The van der Waals surface area contributed by atoms with E-state index in [2.05, 4.69) is 46.1 Å². The zero-order valence-electron chi connectivity index (χ0n) is 27.2. The van der Waals surface area contributed by atoms with E-state index in [1.807, 2.05) is 24.3 Å². The molecule has 43 heavy (non-hydrogen) atoms. The van der Waals surface area contributed by atoms with Crippen LogP contribution in [0, 0.1) is 17.3 Å². The fraction of sp³-hybridized carbons (Fsp3) is 0.676. The number of rotatable bonds is 13. The van der Waals surface area contributed by atoms with Gasteiger partial charge in [0, 0.05) is 45.6 Å². The highest BCUT2D eigenvalue weighted by atomic mass is 28.3. The van der Waals surface area contributed by atoms with Gasteiger partial charge < -0.3 is 33.2 Å². The van der Waals surface area contributed by atoms with Crippen molar-refractivity contribution < 1.29 is 38.0 Å². The van der Waals surface area contributed by atoms with Crippen LogP contribution in [0.3, 0.4) is 0 Å². The molecule has 2 fully saturated rings. The molecular formula is C34H52O8Si. The fourth-order valence-electron chi connectivity index (χ4n) is 6.75. The minimum absolute atomic E-state index is 0.0550. The van der Waals surface area contributed by atoms with E-state index >= 15 is 0 Å². The first-order valence-electron chi connectivity index (χ1n) is 15.5. The summed E-state index contributed by atoms with van der Waals surface area (Å²) in [5, 5.41) is 0. The smallest absolute Gasteiger partial charge is 0.184 e. The summed E-state index contributed by atoms with van der Waals surface area (Å²) in [5.74, 6) is 0.638. The molecule has 1 aliphatic heterocycles. The van der Waals surface area contributed by atoms with Gasteiger partial charge in [-0.25, -0.2) is 0 Å². The summed E-state index contributed by atoms with van der Waals surface area (Å²) in [4.78, 5) is 14.1. The normalized spacial score (nSPS) is 31.1. The second kappa shape index (κ2) is 14.5. The molecule has 1 aromatic rings. The van der Waals surface area contributed by atoms with Gasteiger partial charge in [0.25, 0.3) is 0 Å². The first kappa shape index (κ1) is 34.0. The SMILES string of the molecule is C=C[C@H]1O[C@@H](c2ccc(OC)cc2)OC[C@@]1(OCOCC[Si](C)(C)C)[C@H]1CC=C2CCC([C@@H](OCOC)C(=O)C1)C2(C)C. The van der Waals surface area contributed by atoms with Crippen LogP contribution in [-0.4, -0.2) is 72.7 Å². The van der Waals surface area contributed by atoms with Gasteiger partial charge in [-0.3, -0.25) is 4.79 Å². The Labute approximate surface area is 259 Å². The van der Waals surface area contributed by atoms with E-state index in [1.165, 1.54) is 5.57 Å². The summed E-state index contributed by atoms with van der Waals surface area (Å²) in [6.07, 6.45) is 5.13. The Morgan fingerprint density at radius 2 is 1.86 bits per heavy atom. The Hall–Kier alpha value is -1.85. The van der Waals surface area contributed by atoms with E-state index in [0.717, 1.165) is 30.2 Å². The molecule has 6 atom stereocenters. The summed E-state index contributed by atoms with van der Waals surface area (Å²) >= 11 is 0. The van der Waals surface area contributed by atoms with E-state index in [-0.39, 0.29) is 49.6 Å². The van der Waals surface area contributed by atoms with Crippen LogP contribution in [-0.2, 0) is 33.2 Å². The van der Waals surface area contributed by atoms with E-state index in [9.17, 15) is 4.79 Å². The molecule has 1 aromatic carbocycles. The minimum Gasteiger partial charge on any atom is -0.497 e. The summed E-state index contributed by atoms with van der Waals surface area (Å²) in [5.41, 5.74) is 1.07. The number of Topliss-reactive ketones (excluding diaryl/α,β-unsaturated/α-hetero) is 1. The van der Waals surface area contributed by atoms with E-state index < -0.39 is 32.2 Å². The highest BCUT2D eigenvalue weighted by molar-refractivity contribution is 6.76. The predicted octanol–water partition coefficient (Wildman–Crippen LogP) is 6.69. The summed E-state index contributed by atoms with van der Waals surface area (Å²) in [6.45, 7) is 16.6. The molecule has 9 heteroatoms. The van der Waals surface area contributed by atoms with Crippen molar-refractivity contribution in [2.24, 2.45) is 17.3 Å². The van der Waals surface area contributed by atoms with Crippen molar-refractivity contribution in [1.29, 1.82) is 0 Å². The Bertz CT molecular complexity index is 1110. The van der Waals surface area contributed by atoms with Gasteiger partial charge in [-0.1, -0.05) is 63.3 Å². The van der Waals surface area contributed by atoms with Crippen LogP contribution < -0.4 is 4.74 Å². The Balaban J connectivity index is 1.65. The summed E-state index contributed by atoms with van der Waals surface area (Å²) in [7, 11) is 1.95. The molecule has 0 radical (unpaired) electrons. The third-order valence-electron chi connectivity index (χ3n) is 9.54. The van der Waals surface area contributed by atoms with Crippen molar-refractivity contribution in [1.82, 2.24) is 0 Å². The molecule has 3 aliphatic rings. The topological polar surface area (TPSA) is 81.7 Å².